The Labute approximate surface area is 102 Å². The van der Waals surface area contributed by atoms with Gasteiger partial charge in [-0.2, -0.15) is 0 Å². The van der Waals surface area contributed by atoms with Crippen LogP contribution in [-0.4, -0.2) is 31.7 Å². The van der Waals surface area contributed by atoms with Gasteiger partial charge in [-0.1, -0.05) is 13.3 Å². The number of rotatable bonds is 4. The lowest BCUT2D eigenvalue weighted by atomic mass is 9.91. The highest BCUT2D eigenvalue weighted by molar-refractivity contribution is 5.74. The number of hydrogen-bond donors (Lipinski definition) is 1. The third kappa shape index (κ3) is 3.43. The van der Waals surface area contributed by atoms with Crippen LogP contribution in [0.1, 0.15) is 32.6 Å². The average molecular weight is 243 g/mol. The maximum atomic E-state index is 11.7. The first-order chi connectivity index (χ1) is 8.13. The lowest BCUT2D eigenvalue weighted by molar-refractivity contribution is -0.155. The average Bonchev–Trinajstić information content (AvgIpc) is 2.48. The fourth-order valence-corrected chi connectivity index (χ4v) is 2.52. The van der Waals surface area contributed by atoms with Crippen molar-refractivity contribution < 1.29 is 19.1 Å². The molecule has 1 rings (SSSR count). The third-order valence-corrected chi connectivity index (χ3v) is 3.62. The van der Waals surface area contributed by atoms with E-state index in [9.17, 15) is 9.59 Å². The Balaban J connectivity index is 2.86. The number of ether oxygens (including phenoxy) is 2. The van der Waals surface area contributed by atoms with E-state index in [1.807, 2.05) is 0 Å². The molecule has 98 valence electrons. The van der Waals surface area contributed by atoms with Crippen molar-refractivity contribution in [1.82, 2.24) is 0 Å². The van der Waals surface area contributed by atoms with E-state index in [0.717, 1.165) is 19.3 Å². The summed E-state index contributed by atoms with van der Waals surface area (Å²) in [5.41, 5.74) is 6.00. The second kappa shape index (κ2) is 6.59. The minimum atomic E-state index is -0.540. The molecule has 5 heteroatoms. The molecule has 0 aromatic rings. The number of carbonyl (C=O) groups excluding carboxylic acids is 2. The Kier molecular flexibility index (Phi) is 5.41. The van der Waals surface area contributed by atoms with Crippen LogP contribution in [0.3, 0.4) is 0 Å². The standard InChI is InChI=1S/C12H21NO4/c1-3-8-4-5-9(13)11(12(15)16-2)10(6-8)17-7-14/h7-11H,3-6,13H2,1-2H3/t8-,9-,10+,11-/m1/s1. The summed E-state index contributed by atoms with van der Waals surface area (Å²) in [6.07, 6.45) is 2.95. The van der Waals surface area contributed by atoms with E-state index in [1.165, 1.54) is 7.11 Å². The quantitative estimate of drug-likeness (QED) is 0.450. The summed E-state index contributed by atoms with van der Waals surface area (Å²) in [6.45, 7) is 2.48. The molecule has 0 aromatic heterocycles. The molecule has 0 unspecified atom stereocenters. The van der Waals surface area contributed by atoms with Crippen LogP contribution >= 0.6 is 0 Å². The fraction of sp³-hybridized carbons (Fsp3) is 0.833. The van der Waals surface area contributed by atoms with E-state index in [0.29, 0.717) is 18.8 Å². The van der Waals surface area contributed by atoms with Crippen molar-refractivity contribution in [3.05, 3.63) is 0 Å². The van der Waals surface area contributed by atoms with E-state index in [1.54, 1.807) is 0 Å². The first-order valence-corrected chi connectivity index (χ1v) is 6.06. The van der Waals surface area contributed by atoms with Gasteiger partial charge >= 0.3 is 5.97 Å². The van der Waals surface area contributed by atoms with Gasteiger partial charge in [0.25, 0.3) is 6.47 Å². The minimum absolute atomic E-state index is 0.302. The summed E-state index contributed by atoms with van der Waals surface area (Å²) in [6, 6.07) is -0.302. The zero-order valence-electron chi connectivity index (χ0n) is 10.4. The maximum absolute atomic E-state index is 11.7. The summed E-state index contributed by atoms with van der Waals surface area (Å²) in [5.74, 6) is -0.483. The van der Waals surface area contributed by atoms with Gasteiger partial charge < -0.3 is 15.2 Å². The molecule has 4 atom stereocenters. The van der Waals surface area contributed by atoms with Gasteiger partial charge in [0.1, 0.15) is 12.0 Å². The Morgan fingerprint density at radius 1 is 1.47 bits per heavy atom. The van der Waals surface area contributed by atoms with Crippen molar-refractivity contribution in [2.45, 2.75) is 44.8 Å². The maximum Gasteiger partial charge on any atom is 0.314 e. The van der Waals surface area contributed by atoms with Gasteiger partial charge in [-0.05, 0) is 25.2 Å². The molecule has 0 spiro atoms. The van der Waals surface area contributed by atoms with Crippen molar-refractivity contribution in [3.63, 3.8) is 0 Å². The van der Waals surface area contributed by atoms with Crippen LogP contribution in [0.5, 0.6) is 0 Å². The highest BCUT2D eigenvalue weighted by atomic mass is 16.5. The molecule has 1 aliphatic rings. The van der Waals surface area contributed by atoms with Crippen molar-refractivity contribution in [3.8, 4) is 0 Å². The molecule has 0 radical (unpaired) electrons. The molecular formula is C12H21NO4. The molecule has 0 aromatic carbocycles. The molecule has 1 aliphatic carbocycles. The van der Waals surface area contributed by atoms with Crippen molar-refractivity contribution in [1.29, 1.82) is 0 Å². The largest absolute Gasteiger partial charge is 0.469 e. The molecule has 0 saturated heterocycles. The second-order valence-electron chi connectivity index (χ2n) is 4.57. The molecule has 0 heterocycles. The minimum Gasteiger partial charge on any atom is -0.469 e. The molecule has 0 amide bonds. The van der Waals surface area contributed by atoms with Gasteiger partial charge in [0, 0.05) is 6.04 Å². The Bertz CT molecular complexity index is 269. The number of esters is 1. The molecule has 1 saturated carbocycles. The zero-order chi connectivity index (χ0) is 12.8. The van der Waals surface area contributed by atoms with Crippen molar-refractivity contribution >= 4 is 12.4 Å². The topological polar surface area (TPSA) is 78.6 Å². The summed E-state index contributed by atoms with van der Waals surface area (Å²) < 4.78 is 9.79. The third-order valence-electron chi connectivity index (χ3n) is 3.62. The van der Waals surface area contributed by atoms with E-state index < -0.39 is 12.0 Å². The van der Waals surface area contributed by atoms with E-state index in [2.05, 4.69) is 6.92 Å². The predicted molar refractivity (Wildman–Crippen MR) is 62.1 cm³/mol. The molecule has 0 bridgehead atoms. The van der Waals surface area contributed by atoms with E-state index in [-0.39, 0.29) is 12.0 Å². The smallest absolute Gasteiger partial charge is 0.314 e. The van der Waals surface area contributed by atoms with Gasteiger partial charge in [0.2, 0.25) is 0 Å². The Morgan fingerprint density at radius 2 is 2.18 bits per heavy atom. The predicted octanol–water partition coefficient (Wildman–Crippen LogP) is 0.855. The molecular weight excluding hydrogens is 222 g/mol. The van der Waals surface area contributed by atoms with Crippen LogP contribution in [-0.2, 0) is 19.1 Å². The van der Waals surface area contributed by atoms with Gasteiger partial charge in [-0.25, -0.2) is 0 Å². The SMILES string of the molecule is CC[C@@H]1CC[C@@H](N)[C@@H](C(=O)OC)[C@@H](OC=O)C1. The normalized spacial score (nSPS) is 33.6. The Hall–Kier alpha value is -1.10. The van der Waals surface area contributed by atoms with E-state index >= 15 is 0 Å². The second-order valence-corrected chi connectivity index (χ2v) is 4.57. The zero-order valence-corrected chi connectivity index (χ0v) is 10.4. The van der Waals surface area contributed by atoms with Crippen LogP contribution in [0.15, 0.2) is 0 Å². The van der Waals surface area contributed by atoms with E-state index in [4.69, 9.17) is 15.2 Å². The monoisotopic (exact) mass is 243 g/mol. The van der Waals surface area contributed by atoms with Gasteiger partial charge in [0.15, 0.2) is 0 Å². The first kappa shape index (κ1) is 14.0. The first-order valence-electron chi connectivity index (χ1n) is 6.06. The van der Waals surface area contributed by atoms with Crippen LogP contribution in [0.4, 0.5) is 0 Å². The van der Waals surface area contributed by atoms with Gasteiger partial charge in [-0.3, -0.25) is 9.59 Å². The number of methoxy groups -OCH3 is 1. The Morgan fingerprint density at radius 3 is 2.71 bits per heavy atom. The molecule has 2 N–H and O–H groups in total. The van der Waals surface area contributed by atoms with Crippen molar-refractivity contribution in [2.24, 2.45) is 17.6 Å². The number of hydrogen-bond acceptors (Lipinski definition) is 5. The van der Waals surface area contributed by atoms with Crippen molar-refractivity contribution in [2.75, 3.05) is 7.11 Å². The molecule has 17 heavy (non-hydrogen) atoms. The van der Waals surface area contributed by atoms with Gasteiger partial charge in [0.05, 0.1) is 7.11 Å². The van der Waals surface area contributed by atoms with Crippen LogP contribution in [0.2, 0.25) is 0 Å². The van der Waals surface area contributed by atoms with Crippen LogP contribution < -0.4 is 5.73 Å². The fourth-order valence-electron chi connectivity index (χ4n) is 2.52. The lowest BCUT2D eigenvalue weighted by Crippen LogP contribution is -2.43. The van der Waals surface area contributed by atoms with Crippen LogP contribution in [0.25, 0.3) is 0 Å². The number of nitrogens with two attached hydrogens (primary N) is 1. The summed E-state index contributed by atoms with van der Waals surface area (Å²) >= 11 is 0. The molecule has 1 fully saturated rings. The summed E-state index contributed by atoms with van der Waals surface area (Å²) in [7, 11) is 1.33. The number of carbonyl (C=O) groups is 2. The summed E-state index contributed by atoms with van der Waals surface area (Å²) in [4.78, 5) is 22.2. The molecule has 0 aliphatic heterocycles. The molecule has 5 nitrogen and oxygen atoms in total. The van der Waals surface area contributed by atoms with Crippen LogP contribution in [0, 0.1) is 11.8 Å². The van der Waals surface area contributed by atoms with Gasteiger partial charge in [-0.15, -0.1) is 0 Å². The summed E-state index contributed by atoms with van der Waals surface area (Å²) in [5, 5.41) is 0. The lowest BCUT2D eigenvalue weighted by Gasteiger charge is -2.26. The highest BCUT2D eigenvalue weighted by Crippen LogP contribution is 2.31. The highest BCUT2D eigenvalue weighted by Gasteiger charge is 2.39.